The average molecular weight is 244 g/mol. The molecule has 0 amide bonds. The smallest absolute Gasteiger partial charge is 0.331 e. The van der Waals surface area contributed by atoms with Crippen LogP contribution in [0.15, 0.2) is 11.6 Å². The summed E-state index contributed by atoms with van der Waals surface area (Å²) >= 11 is 0. The number of hydrogen-bond acceptors (Lipinski definition) is 4. The van der Waals surface area contributed by atoms with Crippen molar-refractivity contribution in [3.8, 4) is 0 Å². The Bertz CT molecular complexity index is 242. The molecule has 0 bridgehead atoms. The Morgan fingerprint density at radius 3 is 2.71 bits per heavy atom. The molecule has 2 N–H and O–H groups in total. The third-order valence-electron chi connectivity index (χ3n) is 2.50. The molecule has 0 radical (unpaired) electrons. The minimum atomic E-state index is -0.827. The van der Waals surface area contributed by atoms with Crippen LogP contribution in [0.1, 0.15) is 13.3 Å². The van der Waals surface area contributed by atoms with E-state index in [9.17, 15) is 4.79 Å². The monoisotopic (exact) mass is 244 g/mol. The Kier molecular flexibility index (Phi) is 9.71. The van der Waals surface area contributed by atoms with Gasteiger partial charge in [0.1, 0.15) is 0 Å². The molecule has 0 fully saturated rings. The zero-order valence-electron chi connectivity index (χ0n) is 11.0. The van der Waals surface area contributed by atoms with Crippen LogP contribution < -0.4 is 5.32 Å². The lowest BCUT2D eigenvalue weighted by atomic mass is 10.2. The number of ether oxygens (including phenoxy) is 1. The van der Waals surface area contributed by atoms with Crippen molar-refractivity contribution in [1.82, 2.24) is 10.2 Å². The second-order valence-corrected chi connectivity index (χ2v) is 3.89. The zero-order chi connectivity index (χ0) is 13.1. The Hall–Kier alpha value is -0.910. The van der Waals surface area contributed by atoms with E-state index in [2.05, 4.69) is 10.2 Å². The van der Waals surface area contributed by atoms with Crippen LogP contribution in [0.2, 0.25) is 0 Å². The van der Waals surface area contributed by atoms with Gasteiger partial charge < -0.3 is 20.1 Å². The highest BCUT2D eigenvalue weighted by molar-refractivity contribution is 5.86. The van der Waals surface area contributed by atoms with Crippen molar-refractivity contribution in [2.45, 2.75) is 13.3 Å². The van der Waals surface area contributed by atoms with E-state index in [0.29, 0.717) is 18.5 Å². The van der Waals surface area contributed by atoms with Crippen LogP contribution >= 0.6 is 0 Å². The molecule has 0 aromatic rings. The molecule has 0 aliphatic heterocycles. The normalized spacial score (nSPS) is 12.1. The van der Waals surface area contributed by atoms with Gasteiger partial charge in [-0.15, -0.1) is 0 Å². The maximum absolute atomic E-state index is 10.7. The molecule has 0 rings (SSSR count). The van der Waals surface area contributed by atoms with Gasteiger partial charge in [-0.2, -0.15) is 0 Å². The summed E-state index contributed by atoms with van der Waals surface area (Å²) < 4.78 is 4.98. The van der Waals surface area contributed by atoms with Gasteiger partial charge in [0.2, 0.25) is 0 Å². The molecule has 100 valence electrons. The predicted octanol–water partition coefficient (Wildman–Crippen LogP) is 0.575. The first kappa shape index (κ1) is 16.1. The fourth-order valence-corrected chi connectivity index (χ4v) is 1.31. The molecule has 17 heavy (non-hydrogen) atoms. The minimum absolute atomic E-state index is 0.463. The van der Waals surface area contributed by atoms with Gasteiger partial charge >= 0.3 is 5.97 Å². The number of likely N-dealkylation sites (N-methyl/N-ethyl adjacent to an activating group) is 1. The molecule has 0 unspecified atom stereocenters. The SMILES string of the molecule is CCC(=CCNCCN(C)CCOC)C(=O)O. The summed E-state index contributed by atoms with van der Waals surface area (Å²) in [6, 6.07) is 0. The predicted molar refractivity (Wildman–Crippen MR) is 68.3 cm³/mol. The van der Waals surface area contributed by atoms with Gasteiger partial charge in [-0.1, -0.05) is 13.0 Å². The third-order valence-corrected chi connectivity index (χ3v) is 2.50. The number of hydrogen-bond donors (Lipinski definition) is 2. The van der Waals surface area contributed by atoms with Gasteiger partial charge in [-0.3, -0.25) is 0 Å². The van der Waals surface area contributed by atoms with Crippen molar-refractivity contribution in [3.63, 3.8) is 0 Å². The van der Waals surface area contributed by atoms with E-state index < -0.39 is 5.97 Å². The van der Waals surface area contributed by atoms with Crippen molar-refractivity contribution in [2.24, 2.45) is 0 Å². The lowest BCUT2D eigenvalue weighted by Crippen LogP contribution is -2.31. The Morgan fingerprint density at radius 2 is 2.18 bits per heavy atom. The highest BCUT2D eigenvalue weighted by Gasteiger charge is 2.02. The standard InChI is InChI=1S/C12H24N2O3/c1-4-11(12(15)16)5-6-13-7-8-14(2)9-10-17-3/h5,13H,4,6-10H2,1-3H3,(H,15,16). The van der Waals surface area contributed by atoms with Gasteiger partial charge in [0.05, 0.1) is 6.61 Å². The second kappa shape index (κ2) is 10.3. The lowest BCUT2D eigenvalue weighted by molar-refractivity contribution is -0.132. The number of carboxylic acids is 1. The second-order valence-electron chi connectivity index (χ2n) is 3.89. The maximum atomic E-state index is 10.7. The summed E-state index contributed by atoms with van der Waals surface area (Å²) in [6.07, 6.45) is 2.29. The largest absolute Gasteiger partial charge is 0.478 e. The summed E-state index contributed by atoms with van der Waals surface area (Å²) in [4.78, 5) is 12.9. The van der Waals surface area contributed by atoms with Gasteiger partial charge in [0.15, 0.2) is 0 Å². The molecule has 0 heterocycles. The molecule has 0 aromatic heterocycles. The molecule has 0 atom stereocenters. The molecule has 0 saturated carbocycles. The third kappa shape index (κ3) is 8.85. The number of carboxylic acid groups (broad SMARTS) is 1. The molecule has 0 aromatic carbocycles. The quantitative estimate of drug-likeness (QED) is 0.435. The van der Waals surface area contributed by atoms with Crippen molar-refractivity contribution in [1.29, 1.82) is 0 Å². The zero-order valence-corrected chi connectivity index (χ0v) is 11.0. The number of aliphatic carboxylic acids is 1. The van der Waals surface area contributed by atoms with Gasteiger partial charge in [0, 0.05) is 38.9 Å². The van der Waals surface area contributed by atoms with E-state index in [0.717, 1.165) is 26.2 Å². The summed E-state index contributed by atoms with van der Waals surface area (Å²) in [5, 5.41) is 12.0. The van der Waals surface area contributed by atoms with Gasteiger partial charge in [-0.25, -0.2) is 4.79 Å². The summed E-state index contributed by atoms with van der Waals surface area (Å²) in [6.45, 7) is 5.85. The molecule has 5 nitrogen and oxygen atoms in total. The molecule has 0 aliphatic carbocycles. The molecule has 5 heteroatoms. The number of carbonyl (C=O) groups is 1. The Balaban J connectivity index is 3.60. The Morgan fingerprint density at radius 1 is 1.47 bits per heavy atom. The van der Waals surface area contributed by atoms with Crippen LogP contribution in [-0.2, 0) is 9.53 Å². The Labute approximate surface area is 103 Å². The lowest BCUT2D eigenvalue weighted by Gasteiger charge is -2.15. The van der Waals surface area contributed by atoms with E-state index in [1.165, 1.54) is 0 Å². The number of rotatable bonds is 10. The fourth-order valence-electron chi connectivity index (χ4n) is 1.31. The van der Waals surface area contributed by atoms with E-state index in [-0.39, 0.29) is 0 Å². The molecular formula is C12H24N2O3. The molecule has 0 aliphatic rings. The van der Waals surface area contributed by atoms with Crippen LogP contribution in [0.5, 0.6) is 0 Å². The first-order valence-electron chi connectivity index (χ1n) is 5.92. The molecule has 0 spiro atoms. The van der Waals surface area contributed by atoms with Crippen molar-refractivity contribution in [3.05, 3.63) is 11.6 Å². The molecule has 0 saturated heterocycles. The van der Waals surface area contributed by atoms with Gasteiger partial charge in [-0.05, 0) is 13.5 Å². The minimum Gasteiger partial charge on any atom is -0.478 e. The van der Waals surface area contributed by atoms with Crippen LogP contribution in [0.25, 0.3) is 0 Å². The average Bonchev–Trinajstić information content (AvgIpc) is 2.30. The summed E-state index contributed by atoms with van der Waals surface area (Å²) in [5.74, 6) is -0.827. The highest BCUT2D eigenvalue weighted by atomic mass is 16.5. The van der Waals surface area contributed by atoms with Crippen molar-refractivity contribution >= 4 is 5.97 Å². The number of methoxy groups -OCH3 is 1. The van der Waals surface area contributed by atoms with Crippen molar-refractivity contribution < 1.29 is 14.6 Å². The van der Waals surface area contributed by atoms with Gasteiger partial charge in [0.25, 0.3) is 0 Å². The van der Waals surface area contributed by atoms with Crippen LogP contribution in [0.3, 0.4) is 0 Å². The van der Waals surface area contributed by atoms with Crippen LogP contribution in [0.4, 0.5) is 0 Å². The van der Waals surface area contributed by atoms with E-state index in [4.69, 9.17) is 9.84 Å². The molecular weight excluding hydrogens is 220 g/mol. The first-order chi connectivity index (χ1) is 8.11. The first-order valence-corrected chi connectivity index (χ1v) is 5.92. The van der Waals surface area contributed by atoms with E-state index in [1.54, 1.807) is 13.2 Å². The summed E-state index contributed by atoms with van der Waals surface area (Å²) in [5.41, 5.74) is 0.463. The van der Waals surface area contributed by atoms with E-state index >= 15 is 0 Å². The van der Waals surface area contributed by atoms with Crippen LogP contribution in [0, 0.1) is 0 Å². The fraction of sp³-hybridized carbons (Fsp3) is 0.750. The van der Waals surface area contributed by atoms with Crippen molar-refractivity contribution in [2.75, 3.05) is 46.9 Å². The summed E-state index contributed by atoms with van der Waals surface area (Å²) in [7, 11) is 3.72. The van der Waals surface area contributed by atoms with E-state index in [1.807, 2.05) is 14.0 Å². The maximum Gasteiger partial charge on any atom is 0.331 e. The number of nitrogens with zero attached hydrogens (tertiary/aromatic N) is 1. The topological polar surface area (TPSA) is 61.8 Å². The van der Waals surface area contributed by atoms with Crippen LogP contribution in [-0.4, -0.2) is 62.9 Å². The highest BCUT2D eigenvalue weighted by Crippen LogP contribution is 1.98. The number of nitrogens with one attached hydrogen (secondary N) is 1.